The highest BCUT2D eigenvalue weighted by atomic mass is 15.3. The number of hydrogen-bond acceptors (Lipinski definition) is 6. The number of hydrogen-bond donors (Lipinski definition) is 3. The Morgan fingerprint density at radius 2 is 1.88 bits per heavy atom. The Bertz CT molecular complexity index is 706. The summed E-state index contributed by atoms with van der Waals surface area (Å²) in [5.74, 6) is 2.07. The van der Waals surface area contributed by atoms with Crippen molar-refractivity contribution >= 4 is 17.6 Å². The largest absolute Gasteiger partial charge is 0.368 e. The third-order valence-corrected chi connectivity index (χ3v) is 5.05. The van der Waals surface area contributed by atoms with Gasteiger partial charge in [0.05, 0.1) is 0 Å². The lowest BCUT2D eigenvalue weighted by molar-refractivity contribution is 0.616. The SMILES string of the molecule is CNC1CCN(c2cc(NC3Cc4ccccc4C3)nc(N)n2)C1. The Hall–Kier alpha value is -2.34. The summed E-state index contributed by atoms with van der Waals surface area (Å²) in [6, 6.07) is 11.5. The summed E-state index contributed by atoms with van der Waals surface area (Å²) in [7, 11) is 2.01. The van der Waals surface area contributed by atoms with Crippen LogP contribution in [0.2, 0.25) is 0 Å². The molecule has 6 nitrogen and oxygen atoms in total. The first-order valence-electron chi connectivity index (χ1n) is 8.61. The summed E-state index contributed by atoms with van der Waals surface area (Å²) in [5.41, 5.74) is 8.80. The van der Waals surface area contributed by atoms with Crippen LogP contribution in [0.15, 0.2) is 30.3 Å². The van der Waals surface area contributed by atoms with Crippen LogP contribution in [0, 0.1) is 0 Å². The molecule has 6 heteroatoms. The maximum Gasteiger partial charge on any atom is 0.223 e. The van der Waals surface area contributed by atoms with E-state index >= 15 is 0 Å². The van der Waals surface area contributed by atoms with Crippen molar-refractivity contribution in [2.75, 3.05) is 36.1 Å². The van der Waals surface area contributed by atoms with Crippen LogP contribution in [0.1, 0.15) is 17.5 Å². The zero-order valence-electron chi connectivity index (χ0n) is 14.0. The van der Waals surface area contributed by atoms with Crippen LogP contribution in [-0.4, -0.2) is 42.2 Å². The molecular formula is C18H24N6. The van der Waals surface area contributed by atoms with Crippen LogP contribution in [0.5, 0.6) is 0 Å². The molecule has 126 valence electrons. The molecule has 4 N–H and O–H groups in total. The molecule has 0 radical (unpaired) electrons. The fourth-order valence-electron chi connectivity index (χ4n) is 3.76. The van der Waals surface area contributed by atoms with Crippen molar-refractivity contribution in [1.82, 2.24) is 15.3 Å². The van der Waals surface area contributed by atoms with E-state index in [2.05, 4.69) is 49.8 Å². The molecule has 2 aromatic rings. The van der Waals surface area contributed by atoms with E-state index in [0.29, 0.717) is 18.0 Å². The van der Waals surface area contributed by atoms with Crippen molar-refractivity contribution in [2.24, 2.45) is 0 Å². The van der Waals surface area contributed by atoms with E-state index in [1.165, 1.54) is 11.1 Å². The third-order valence-electron chi connectivity index (χ3n) is 5.05. The molecule has 1 aliphatic carbocycles. The molecule has 1 fully saturated rings. The van der Waals surface area contributed by atoms with Crippen LogP contribution in [-0.2, 0) is 12.8 Å². The topological polar surface area (TPSA) is 79.1 Å². The van der Waals surface area contributed by atoms with Gasteiger partial charge in [0.2, 0.25) is 5.95 Å². The lowest BCUT2D eigenvalue weighted by Gasteiger charge is -2.20. The Labute approximate surface area is 142 Å². The zero-order valence-corrected chi connectivity index (χ0v) is 14.0. The molecule has 0 saturated carbocycles. The standard InChI is InChI=1S/C18H24N6/c1-20-14-6-7-24(11-14)17-10-16(22-18(19)23-17)21-15-8-12-4-2-3-5-13(12)9-15/h2-5,10,14-15,20H,6-9,11H2,1H3,(H3,19,21,22,23). The number of nitrogens with zero attached hydrogens (tertiary/aromatic N) is 3. The average molecular weight is 324 g/mol. The average Bonchev–Trinajstić information content (AvgIpc) is 3.20. The summed E-state index contributed by atoms with van der Waals surface area (Å²) >= 11 is 0. The van der Waals surface area contributed by atoms with Gasteiger partial charge in [-0.1, -0.05) is 24.3 Å². The lowest BCUT2D eigenvalue weighted by Crippen LogP contribution is -2.30. The van der Waals surface area contributed by atoms with Crippen LogP contribution in [0.3, 0.4) is 0 Å². The number of anilines is 3. The minimum Gasteiger partial charge on any atom is -0.368 e. The zero-order chi connectivity index (χ0) is 16.5. The molecule has 1 saturated heterocycles. The molecule has 1 aromatic carbocycles. The summed E-state index contributed by atoms with van der Waals surface area (Å²) in [4.78, 5) is 11.1. The normalized spacial score (nSPS) is 20.4. The van der Waals surface area contributed by atoms with Crippen LogP contribution < -0.4 is 21.3 Å². The lowest BCUT2D eigenvalue weighted by atomic mass is 10.1. The van der Waals surface area contributed by atoms with E-state index in [1.807, 2.05) is 13.1 Å². The highest BCUT2D eigenvalue weighted by molar-refractivity contribution is 5.54. The number of fused-ring (bicyclic) bond motifs is 1. The monoisotopic (exact) mass is 324 g/mol. The molecule has 0 spiro atoms. The quantitative estimate of drug-likeness (QED) is 0.790. The van der Waals surface area contributed by atoms with Crippen molar-refractivity contribution in [3.05, 3.63) is 41.5 Å². The molecular weight excluding hydrogens is 300 g/mol. The van der Waals surface area contributed by atoms with Crippen molar-refractivity contribution in [3.63, 3.8) is 0 Å². The Morgan fingerprint density at radius 1 is 1.12 bits per heavy atom. The van der Waals surface area contributed by atoms with Crippen molar-refractivity contribution in [3.8, 4) is 0 Å². The van der Waals surface area contributed by atoms with E-state index in [0.717, 1.165) is 44.0 Å². The summed E-state index contributed by atoms with van der Waals surface area (Å²) in [6.07, 6.45) is 3.18. The van der Waals surface area contributed by atoms with Gasteiger partial charge >= 0.3 is 0 Å². The molecule has 1 aromatic heterocycles. The molecule has 1 unspecified atom stereocenters. The molecule has 0 amide bonds. The Morgan fingerprint density at radius 3 is 2.54 bits per heavy atom. The first-order valence-corrected chi connectivity index (χ1v) is 8.61. The number of nitrogens with two attached hydrogens (primary N) is 1. The molecule has 2 heterocycles. The van der Waals surface area contributed by atoms with Crippen LogP contribution in [0.4, 0.5) is 17.6 Å². The highest BCUT2D eigenvalue weighted by Crippen LogP contribution is 2.26. The van der Waals surface area contributed by atoms with Crippen molar-refractivity contribution in [2.45, 2.75) is 31.3 Å². The van der Waals surface area contributed by atoms with Gasteiger partial charge in [0.1, 0.15) is 11.6 Å². The number of nitrogens with one attached hydrogen (secondary N) is 2. The van der Waals surface area contributed by atoms with Gasteiger partial charge in [-0.25, -0.2) is 0 Å². The van der Waals surface area contributed by atoms with Crippen molar-refractivity contribution in [1.29, 1.82) is 0 Å². The minimum absolute atomic E-state index is 0.332. The maximum absolute atomic E-state index is 5.95. The highest BCUT2D eigenvalue weighted by Gasteiger charge is 2.24. The van der Waals surface area contributed by atoms with Gasteiger partial charge < -0.3 is 21.3 Å². The summed E-state index contributed by atoms with van der Waals surface area (Å²) < 4.78 is 0. The number of nitrogen functional groups attached to an aromatic ring is 1. The fourth-order valence-corrected chi connectivity index (χ4v) is 3.76. The number of likely N-dealkylation sites (N-methyl/N-ethyl adjacent to an activating group) is 1. The first-order chi connectivity index (χ1) is 11.7. The first kappa shape index (κ1) is 15.2. The molecule has 0 bridgehead atoms. The second kappa shape index (κ2) is 6.28. The molecule has 2 aliphatic rings. The predicted octanol–water partition coefficient (Wildman–Crippen LogP) is 1.44. The minimum atomic E-state index is 0.332. The molecule has 24 heavy (non-hydrogen) atoms. The van der Waals surface area contributed by atoms with Crippen LogP contribution >= 0.6 is 0 Å². The Balaban J connectivity index is 1.48. The van der Waals surface area contributed by atoms with E-state index in [1.54, 1.807) is 0 Å². The predicted molar refractivity (Wildman–Crippen MR) is 97.4 cm³/mol. The van der Waals surface area contributed by atoms with Crippen molar-refractivity contribution < 1.29 is 0 Å². The fraction of sp³-hybridized carbons (Fsp3) is 0.444. The van der Waals surface area contributed by atoms with Gasteiger partial charge in [0.15, 0.2) is 0 Å². The van der Waals surface area contributed by atoms with Gasteiger partial charge in [-0.15, -0.1) is 0 Å². The second-order valence-corrected chi connectivity index (χ2v) is 6.71. The van der Waals surface area contributed by atoms with Gasteiger partial charge in [0, 0.05) is 31.2 Å². The van der Waals surface area contributed by atoms with E-state index in [4.69, 9.17) is 5.73 Å². The van der Waals surface area contributed by atoms with Gasteiger partial charge in [0.25, 0.3) is 0 Å². The number of rotatable bonds is 4. The molecule has 1 atom stereocenters. The maximum atomic E-state index is 5.95. The van der Waals surface area contributed by atoms with E-state index < -0.39 is 0 Å². The smallest absolute Gasteiger partial charge is 0.223 e. The van der Waals surface area contributed by atoms with E-state index in [9.17, 15) is 0 Å². The second-order valence-electron chi connectivity index (χ2n) is 6.71. The summed E-state index contributed by atoms with van der Waals surface area (Å²) in [5, 5.41) is 6.87. The third kappa shape index (κ3) is 3.01. The molecule has 1 aliphatic heterocycles. The number of aromatic nitrogens is 2. The van der Waals surface area contributed by atoms with E-state index in [-0.39, 0.29) is 0 Å². The summed E-state index contributed by atoms with van der Waals surface area (Å²) in [6.45, 7) is 1.96. The molecule has 4 rings (SSSR count). The number of benzene rings is 1. The van der Waals surface area contributed by atoms with Crippen LogP contribution in [0.25, 0.3) is 0 Å². The Kier molecular flexibility index (Phi) is 3.98. The van der Waals surface area contributed by atoms with Gasteiger partial charge in [-0.2, -0.15) is 9.97 Å². The van der Waals surface area contributed by atoms with Gasteiger partial charge in [-0.05, 0) is 37.4 Å². The van der Waals surface area contributed by atoms with Gasteiger partial charge in [-0.3, -0.25) is 0 Å².